The summed E-state index contributed by atoms with van der Waals surface area (Å²) >= 11 is 0. The Balaban J connectivity index is 2.11. The lowest BCUT2D eigenvalue weighted by atomic mass is 9.86. The fraction of sp³-hybridized carbons (Fsp3) is 0.526. The second-order valence-corrected chi connectivity index (χ2v) is 7.31. The average Bonchev–Trinajstić information content (AvgIpc) is 3.01. The number of benzene rings is 1. The zero-order chi connectivity index (χ0) is 17.9. The van der Waals surface area contributed by atoms with Crippen molar-refractivity contribution in [2.24, 2.45) is 0 Å². The maximum Gasteiger partial charge on any atom is 0.244 e. The van der Waals surface area contributed by atoms with E-state index >= 15 is 0 Å². The number of nitriles is 1. The molecule has 1 aliphatic rings. The van der Waals surface area contributed by atoms with Gasteiger partial charge in [0, 0.05) is 13.5 Å². The van der Waals surface area contributed by atoms with Crippen molar-refractivity contribution >= 4 is 11.8 Å². The Kier molecular flexibility index (Phi) is 5.28. The van der Waals surface area contributed by atoms with E-state index in [1.165, 1.54) is 12.5 Å². The molecular weight excluding hydrogens is 302 g/mol. The standard InChI is InChI=1S/C19H25N3O2/c1-13(23)22-11-5-6-17(22)18(24)21-16(12-20)14-7-9-15(10-8-14)19(2,3)4/h7-10,16-17H,5-6,11H2,1-4H3,(H,21,24)/t16-,17+/m1/s1. The van der Waals surface area contributed by atoms with E-state index < -0.39 is 12.1 Å². The zero-order valence-electron chi connectivity index (χ0n) is 14.8. The molecule has 1 fully saturated rings. The van der Waals surface area contributed by atoms with Gasteiger partial charge in [-0.25, -0.2) is 0 Å². The van der Waals surface area contributed by atoms with Crippen LogP contribution in [-0.4, -0.2) is 29.3 Å². The van der Waals surface area contributed by atoms with Gasteiger partial charge < -0.3 is 10.2 Å². The maximum atomic E-state index is 12.5. The molecule has 0 spiro atoms. The molecule has 1 aromatic carbocycles. The van der Waals surface area contributed by atoms with Gasteiger partial charge in [0.25, 0.3) is 0 Å². The molecule has 2 atom stereocenters. The first kappa shape index (κ1) is 18.0. The zero-order valence-corrected chi connectivity index (χ0v) is 14.8. The first-order chi connectivity index (χ1) is 11.2. The van der Waals surface area contributed by atoms with E-state index in [4.69, 9.17) is 0 Å². The molecule has 1 aliphatic heterocycles. The van der Waals surface area contributed by atoms with Crippen molar-refractivity contribution in [3.8, 4) is 6.07 Å². The summed E-state index contributed by atoms with van der Waals surface area (Å²) in [6, 6.07) is 8.71. The first-order valence-corrected chi connectivity index (χ1v) is 8.31. The quantitative estimate of drug-likeness (QED) is 0.927. The van der Waals surface area contributed by atoms with E-state index in [9.17, 15) is 14.9 Å². The summed E-state index contributed by atoms with van der Waals surface area (Å²) in [5.41, 5.74) is 1.97. The van der Waals surface area contributed by atoms with Crippen LogP contribution in [0.4, 0.5) is 0 Å². The van der Waals surface area contributed by atoms with E-state index in [-0.39, 0.29) is 17.2 Å². The molecule has 0 saturated carbocycles. The van der Waals surface area contributed by atoms with Crippen LogP contribution >= 0.6 is 0 Å². The molecule has 0 bridgehead atoms. The van der Waals surface area contributed by atoms with E-state index in [0.29, 0.717) is 13.0 Å². The second-order valence-electron chi connectivity index (χ2n) is 7.31. The Bertz CT molecular complexity index is 653. The van der Waals surface area contributed by atoms with Crippen molar-refractivity contribution in [2.45, 2.75) is 58.0 Å². The Hall–Kier alpha value is -2.35. The van der Waals surface area contributed by atoms with Crippen molar-refractivity contribution in [1.82, 2.24) is 10.2 Å². The van der Waals surface area contributed by atoms with Crippen molar-refractivity contribution in [1.29, 1.82) is 5.26 Å². The summed E-state index contributed by atoms with van der Waals surface area (Å²) in [4.78, 5) is 25.6. The van der Waals surface area contributed by atoms with E-state index in [2.05, 4.69) is 32.2 Å². The van der Waals surface area contributed by atoms with E-state index in [0.717, 1.165) is 12.0 Å². The van der Waals surface area contributed by atoms with Crippen LogP contribution in [0.3, 0.4) is 0 Å². The lowest BCUT2D eigenvalue weighted by Gasteiger charge is -2.24. The molecule has 24 heavy (non-hydrogen) atoms. The number of carbonyl (C=O) groups is 2. The van der Waals surface area contributed by atoms with Gasteiger partial charge in [0.05, 0.1) is 6.07 Å². The van der Waals surface area contributed by atoms with Gasteiger partial charge in [-0.1, -0.05) is 45.0 Å². The predicted octanol–water partition coefficient (Wildman–Crippen LogP) is 2.68. The predicted molar refractivity (Wildman–Crippen MR) is 92.0 cm³/mol. The molecule has 0 unspecified atom stereocenters. The Morgan fingerprint density at radius 2 is 1.92 bits per heavy atom. The smallest absolute Gasteiger partial charge is 0.244 e. The topological polar surface area (TPSA) is 73.2 Å². The fourth-order valence-corrected chi connectivity index (χ4v) is 3.02. The van der Waals surface area contributed by atoms with Crippen LogP contribution in [0.5, 0.6) is 0 Å². The van der Waals surface area contributed by atoms with Crippen molar-refractivity contribution in [3.63, 3.8) is 0 Å². The van der Waals surface area contributed by atoms with Crippen molar-refractivity contribution in [2.75, 3.05) is 6.54 Å². The number of hydrogen-bond acceptors (Lipinski definition) is 3. The average molecular weight is 327 g/mol. The SMILES string of the molecule is CC(=O)N1CCC[C@H]1C(=O)N[C@H](C#N)c1ccc(C(C)(C)C)cc1. The maximum absolute atomic E-state index is 12.5. The highest BCUT2D eigenvalue weighted by atomic mass is 16.2. The van der Waals surface area contributed by atoms with E-state index in [1.54, 1.807) is 4.90 Å². The Labute approximate surface area is 143 Å². The molecule has 2 rings (SSSR count). The van der Waals surface area contributed by atoms with Crippen LogP contribution in [0.2, 0.25) is 0 Å². The normalized spacial score (nSPS) is 18.8. The first-order valence-electron chi connectivity index (χ1n) is 8.31. The summed E-state index contributed by atoms with van der Waals surface area (Å²) in [6.45, 7) is 8.45. The largest absolute Gasteiger partial charge is 0.335 e. The Morgan fingerprint density at radius 1 is 1.29 bits per heavy atom. The van der Waals surface area contributed by atoms with Crippen LogP contribution in [0.15, 0.2) is 24.3 Å². The van der Waals surface area contributed by atoms with Crippen molar-refractivity contribution < 1.29 is 9.59 Å². The summed E-state index contributed by atoms with van der Waals surface area (Å²) in [5, 5.41) is 12.2. The van der Waals surface area contributed by atoms with Crippen LogP contribution in [0.1, 0.15) is 57.7 Å². The van der Waals surface area contributed by atoms with Gasteiger partial charge in [0.15, 0.2) is 0 Å². The minimum absolute atomic E-state index is 0.0375. The van der Waals surface area contributed by atoms with Crippen LogP contribution in [-0.2, 0) is 15.0 Å². The minimum atomic E-state index is -0.707. The number of hydrogen-bond donors (Lipinski definition) is 1. The monoisotopic (exact) mass is 327 g/mol. The van der Waals surface area contributed by atoms with Crippen molar-refractivity contribution in [3.05, 3.63) is 35.4 Å². The number of nitrogens with zero attached hydrogens (tertiary/aromatic N) is 2. The van der Waals surface area contributed by atoms with Crippen LogP contribution < -0.4 is 5.32 Å². The lowest BCUT2D eigenvalue weighted by Crippen LogP contribution is -2.46. The fourth-order valence-electron chi connectivity index (χ4n) is 3.02. The number of amides is 2. The van der Waals surface area contributed by atoms with Crippen LogP contribution in [0.25, 0.3) is 0 Å². The van der Waals surface area contributed by atoms with E-state index in [1.807, 2.05) is 24.3 Å². The highest BCUT2D eigenvalue weighted by Gasteiger charge is 2.33. The molecule has 0 radical (unpaired) electrons. The summed E-state index contributed by atoms with van der Waals surface area (Å²) in [5.74, 6) is -0.357. The van der Waals surface area contributed by atoms with Gasteiger partial charge >= 0.3 is 0 Å². The van der Waals surface area contributed by atoms with Gasteiger partial charge in [0.1, 0.15) is 12.1 Å². The summed E-state index contributed by atoms with van der Waals surface area (Å²) in [6.07, 6.45) is 1.46. The summed E-state index contributed by atoms with van der Waals surface area (Å²) < 4.78 is 0. The second kappa shape index (κ2) is 7.04. The molecule has 1 aromatic rings. The molecule has 0 aromatic heterocycles. The lowest BCUT2D eigenvalue weighted by molar-refractivity contribution is -0.137. The molecule has 5 heteroatoms. The highest BCUT2D eigenvalue weighted by molar-refractivity contribution is 5.87. The molecule has 5 nitrogen and oxygen atoms in total. The van der Waals surface area contributed by atoms with Gasteiger partial charge in [-0.15, -0.1) is 0 Å². The molecule has 128 valence electrons. The minimum Gasteiger partial charge on any atom is -0.335 e. The molecule has 2 amide bonds. The molecule has 1 heterocycles. The Morgan fingerprint density at radius 3 is 2.42 bits per heavy atom. The third-order valence-corrected chi connectivity index (χ3v) is 4.49. The van der Waals surface area contributed by atoms with Gasteiger partial charge in [-0.3, -0.25) is 9.59 Å². The van der Waals surface area contributed by atoms with Gasteiger partial charge in [-0.2, -0.15) is 5.26 Å². The third kappa shape index (κ3) is 3.94. The molecule has 0 aliphatic carbocycles. The third-order valence-electron chi connectivity index (χ3n) is 4.49. The van der Waals surface area contributed by atoms with Crippen LogP contribution in [0, 0.1) is 11.3 Å². The molecular formula is C19H25N3O2. The number of rotatable bonds is 3. The summed E-state index contributed by atoms with van der Waals surface area (Å²) in [7, 11) is 0. The number of nitrogens with one attached hydrogen (secondary N) is 1. The molecule has 1 saturated heterocycles. The van der Waals surface area contributed by atoms with Gasteiger partial charge in [-0.05, 0) is 29.4 Å². The number of likely N-dealkylation sites (tertiary alicyclic amines) is 1. The number of carbonyl (C=O) groups excluding carboxylic acids is 2. The highest BCUT2D eigenvalue weighted by Crippen LogP contribution is 2.24. The van der Waals surface area contributed by atoms with Gasteiger partial charge in [0.2, 0.25) is 11.8 Å². The molecule has 1 N–H and O–H groups in total.